The first-order chi connectivity index (χ1) is 31.9. The Morgan fingerprint density at radius 3 is 1.95 bits per heavy atom. The van der Waals surface area contributed by atoms with Crippen molar-refractivity contribution in [1.29, 1.82) is 0 Å². The second-order valence-electron chi connectivity index (χ2n) is 16.3. The molecule has 17 nitrogen and oxygen atoms in total. The van der Waals surface area contributed by atoms with E-state index >= 15 is 0 Å². The van der Waals surface area contributed by atoms with Crippen molar-refractivity contribution in [3.63, 3.8) is 0 Å². The lowest BCUT2D eigenvalue weighted by molar-refractivity contribution is 0.398. The number of aromatic nitrogens is 13. The van der Waals surface area contributed by atoms with Gasteiger partial charge < -0.3 is 29.2 Å². The molecule has 0 fully saturated rings. The number of benzene rings is 1. The van der Waals surface area contributed by atoms with Crippen LogP contribution in [0.3, 0.4) is 0 Å². The number of aryl methyl sites for hydroxylation is 4. The number of hydrogen-bond donors (Lipinski definition) is 2. The highest BCUT2D eigenvalue weighted by atomic mass is 32.1. The maximum atomic E-state index is 5.50. The van der Waals surface area contributed by atoms with Crippen molar-refractivity contribution in [1.82, 2.24) is 63.6 Å². The number of imidazole rings is 2. The molecule has 0 bridgehead atoms. The van der Waals surface area contributed by atoms with Crippen LogP contribution in [0.15, 0.2) is 85.6 Å². The number of anilines is 4. The van der Waals surface area contributed by atoms with E-state index < -0.39 is 0 Å². The molecule has 2 N–H and O–H groups in total. The molecule has 0 aliphatic heterocycles. The van der Waals surface area contributed by atoms with Gasteiger partial charge in [-0.1, -0.05) is 12.1 Å². The summed E-state index contributed by atoms with van der Waals surface area (Å²) in [5.74, 6) is 5.48. The fourth-order valence-electron chi connectivity index (χ4n) is 7.97. The molecule has 9 heterocycles. The van der Waals surface area contributed by atoms with Crippen molar-refractivity contribution < 1.29 is 9.47 Å². The van der Waals surface area contributed by atoms with E-state index in [0.717, 1.165) is 69.8 Å². The van der Waals surface area contributed by atoms with Crippen LogP contribution in [0, 0.1) is 13.8 Å². The Morgan fingerprint density at radius 1 is 0.667 bits per heavy atom. The van der Waals surface area contributed by atoms with Gasteiger partial charge in [0.15, 0.2) is 23.3 Å². The molecule has 9 aromatic heterocycles. The first kappa shape index (κ1) is 42.4. The number of nitrogens with zero attached hydrogens (tertiary/aromatic N) is 13. The van der Waals surface area contributed by atoms with Gasteiger partial charge in [0.1, 0.15) is 44.3 Å². The highest BCUT2D eigenvalue weighted by Gasteiger charge is 2.25. The van der Waals surface area contributed by atoms with Crippen LogP contribution < -0.4 is 20.1 Å². The molecule has 1 atom stereocenters. The van der Waals surface area contributed by atoms with Gasteiger partial charge in [-0.25, -0.2) is 29.9 Å². The lowest BCUT2D eigenvalue weighted by Gasteiger charge is -2.11. The van der Waals surface area contributed by atoms with Crippen molar-refractivity contribution in [2.45, 2.75) is 53.1 Å². The molecule has 0 aliphatic carbocycles. The molecule has 334 valence electrons. The molecule has 66 heavy (non-hydrogen) atoms. The Balaban J connectivity index is 0.959. The van der Waals surface area contributed by atoms with Gasteiger partial charge >= 0.3 is 0 Å². The minimum absolute atomic E-state index is 0.0239. The second kappa shape index (κ2) is 17.1. The van der Waals surface area contributed by atoms with Crippen molar-refractivity contribution in [3.05, 3.63) is 102 Å². The molecule has 10 aromatic rings. The largest absolute Gasteiger partial charge is 0.497 e. The van der Waals surface area contributed by atoms with Gasteiger partial charge in [-0.3, -0.25) is 9.36 Å². The quantitative estimate of drug-likeness (QED) is 0.105. The summed E-state index contributed by atoms with van der Waals surface area (Å²) in [5.41, 5.74) is 5.54. The van der Waals surface area contributed by atoms with E-state index in [9.17, 15) is 0 Å². The Kier molecular flexibility index (Phi) is 11.0. The average molecular weight is 918 g/mol. The maximum Gasteiger partial charge on any atom is 0.214 e. The molecule has 10 rings (SSSR count). The highest BCUT2D eigenvalue weighted by Crippen LogP contribution is 2.43. The van der Waals surface area contributed by atoms with Gasteiger partial charge in [0.2, 0.25) is 5.88 Å². The minimum atomic E-state index is -0.0239. The summed E-state index contributed by atoms with van der Waals surface area (Å²) in [6, 6.07) is 17.7. The lowest BCUT2D eigenvalue weighted by Crippen LogP contribution is -2.09. The summed E-state index contributed by atoms with van der Waals surface area (Å²) in [6.07, 6.45) is 10.3. The molecule has 0 saturated heterocycles. The van der Waals surface area contributed by atoms with Crippen molar-refractivity contribution in [2.24, 2.45) is 14.1 Å². The molecule has 0 saturated carbocycles. The number of hydrogen-bond acceptors (Lipinski definition) is 15. The monoisotopic (exact) mass is 917 g/mol. The summed E-state index contributed by atoms with van der Waals surface area (Å²) < 4.78 is 18.8. The van der Waals surface area contributed by atoms with Crippen LogP contribution in [-0.2, 0) is 20.5 Å². The smallest absolute Gasteiger partial charge is 0.214 e. The van der Waals surface area contributed by atoms with Gasteiger partial charge in [0, 0.05) is 75.4 Å². The summed E-state index contributed by atoms with van der Waals surface area (Å²) in [5, 5.41) is 18.8. The van der Waals surface area contributed by atoms with Crippen molar-refractivity contribution in [3.8, 4) is 56.1 Å². The standard InChI is InChI=1S/C47H47N15O2S2/c1-25(2)61-19-16-32(57-61)38-28(5)37-41(52-34-14-11-15-35(51-34)64-9)54-43(56-47(37)65-38)45-50-30(24-60(45)7)22-26(3)62-20-17-33(58-62)39-27(4)36-40(49-29-12-10-13-31(23-29)63-8)53-42(55-46(36)66-39)44-48-18-21-59(44)6/h10-21,23-26H,22H2,1-9H3,(H,49,53,55)(H,51,52,54,56). The Morgan fingerprint density at radius 2 is 1.32 bits per heavy atom. The van der Waals surface area contributed by atoms with E-state index in [1.807, 2.05) is 106 Å². The van der Waals surface area contributed by atoms with Gasteiger partial charge in [-0.15, -0.1) is 22.7 Å². The zero-order valence-corrected chi connectivity index (χ0v) is 39.5. The van der Waals surface area contributed by atoms with Crippen molar-refractivity contribution in [2.75, 3.05) is 24.9 Å². The molecular formula is C47H47N15O2S2. The van der Waals surface area contributed by atoms with Crippen molar-refractivity contribution >= 4 is 66.2 Å². The number of nitrogens with one attached hydrogen (secondary N) is 2. The normalized spacial score (nSPS) is 12.2. The number of ether oxygens (including phenoxy) is 2. The Labute approximate surface area is 388 Å². The van der Waals surface area contributed by atoms with Crippen LogP contribution in [-0.4, -0.2) is 77.8 Å². The fraction of sp³-hybridized carbons (Fsp3) is 0.255. The molecule has 0 radical (unpaired) electrons. The van der Waals surface area contributed by atoms with E-state index in [2.05, 4.69) is 61.3 Å². The fourth-order valence-corrected chi connectivity index (χ4v) is 10.3. The third-order valence-corrected chi connectivity index (χ3v) is 13.8. The minimum Gasteiger partial charge on any atom is -0.497 e. The summed E-state index contributed by atoms with van der Waals surface area (Å²) in [4.78, 5) is 38.3. The van der Waals surface area contributed by atoms with Gasteiger partial charge in [0.05, 0.1) is 46.5 Å². The SMILES string of the molecule is COc1cccc(Nc2nc(-c3nccn3C)nc3sc(-c4ccn(C(C)Cc5cn(C)c(-c6nc(Nc7cccc(OC)n7)c7c(C)c(-c8ccn(C(C)C)n8)sc7n6)n5)n4)c(C)c23)c1. The van der Waals surface area contributed by atoms with E-state index in [-0.39, 0.29) is 12.1 Å². The third kappa shape index (κ3) is 7.89. The summed E-state index contributed by atoms with van der Waals surface area (Å²) >= 11 is 3.18. The topological polar surface area (TPSA) is 178 Å². The summed E-state index contributed by atoms with van der Waals surface area (Å²) in [7, 11) is 7.17. The second-order valence-corrected chi connectivity index (χ2v) is 18.3. The molecule has 0 aliphatic rings. The number of thiophene rings is 2. The van der Waals surface area contributed by atoms with E-state index in [0.29, 0.717) is 53.1 Å². The predicted molar refractivity (Wildman–Crippen MR) is 260 cm³/mol. The van der Waals surface area contributed by atoms with Crippen LogP contribution in [0.5, 0.6) is 11.6 Å². The zero-order valence-electron chi connectivity index (χ0n) is 37.9. The van der Waals surface area contributed by atoms with Crippen LogP contribution in [0.4, 0.5) is 23.1 Å². The lowest BCUT2D eigenvalue weighted by atomic mass is 10.1. The number of methoxy groups -OCH3 is 2. The van der Waals surface area contributed by atoms with Crippen LogP contribution >= 0.6 is 22.7 Å². The number of rotatable bonds is 14. The maximum absolute atomic E-state index is 5.50. The Bertz CT molecular complexity index is 3410. The van der Waals surface area contributed by atoms with Crippen LogP contribution in [0.1, 0.15) is 49.7 Å². The van der Waals surface area contributed by atoms with Crippen LogP contribution in [0.2, 0.25) is 0 Å². The van der Waals surface area contributed by atoms with E-state index in [1.165, 1.54) is 0 Å². The number of fused-ring (bicyclic) bond motifs is 2. The van der Waals surface area contributed by atoms with Gasteiger partial charge in [-0.05, 0) is 76.1 Å². The molecule has 0 amide bonds. The molecular weight excluding hydrogens is 871 g/mol. The first-order valence-electron chi connectivity index (χ1n) is 21.4. The summed E-state index contributed by atoms with van der Waals surface area (Å²) in [6.45, 7) is 10.6. The first-order valence-corrected chi connectivity index (χ1v) is 23.0. The van der Waals surface area contributed by atoms with Gasteiger partial charge in [-0.2, -0.15) is 15.2 Å². The molecule has 19 heteroatoms. The zero-order chi connectivity index (χ0) is 45.8. The predicted octanol–water partition coefficient (Wildman–Crippen LogP) is 10.1. The van der Waals surface area contributed by atoms with E-state index in [1.54, 1.807) is 43.1 Å². The average Bonchev–Trinajstić information content (AvgIpc) is 4.18. The van der Waals surface area contributed by atoms with Gasteiger partial charge in [0.25, 0.3) is 0 Å². The molecule has 0 spiro atoms. The van der Waals surface area contributed by atoms with Crippen LogP contribution in [0.25, 0.3) is 64.9 Å². The Hall–Kier alpha value is -7.51. The van der Waals surface area contributed by atoms with E-state index in [4.69, 9.17) is 44.6 Å². The third-order valence-electron chi connectivity index (χ3n) is 11.4. The molecule has 1 aromatic carbocycles. The highest BCUT2D eigenvalue weighted by molar-refractivity contribution is 7.22. The molecule has 1 unspecified atom stereocenters. The number of pyridine rings is 1.